The fraction of sp³-hybridized carbons (Fsp3) is 1.00. The molecule has 1 saturated heterocycles. The highest BCUT2D eigenvalue weighted by Gasteiger charge is 2.21. The van der Waals surface area contributed by atoms with Crippen molar-refractivity contribution in [2.45, 2.75) is 45.4 Å². The standard InChI is InChI=1S/C12H23N/c1-11-6-8-13(9-7-11)10-12-4-2-3-5-12/h11-12H,2-10H2,1H3. The summed E-state index contributed by atoms with van der Waals surface area (Å²) in [6, 6.07) is 0. The fourth-order valence-corrected chi connectivity index (χ4v) is 2.80. The predicted octanol–water partition coefficient (Wildman–Crippen LogP) is 2.91. The van der Waals surface area contributed by atoms with Crippen LogP contribution in [0.1, 0.15) is 45.4 Å². The normalized spacial score (nSPS) is 28.4. The molecule has 2 aliphatic rings. The van der Waals surface area contributed by atoms with Crippen LogP contribution in [0.2, 0.25) is 0 Å². The largest absolute Gasteiger partial charge is 0.303 e. The van der Waals surface area contributed by atoms with Gasteiger partial charge in [-0.15, -0.1) is 0 Å². The van der Waals surface area contributed by atoms with Gasteiger partial charge in [-0.2, -0.15) is 0 Å². The van der Waals surface area contributed by atoms with Crippen molar-refractivity contribution in [2.75, 3.05) is 19.6 Å². The van der Waals surface area contributed by atoms with Crippen LogP contribution in [0.5, 0.6) is 0 Å². The third kappa shape index (κ3) is 2.70. The molecule has 1 heteroatoms. The number of hydrogen-bond donors (Lipinski definition) is 0. The molecule has 13 heavy (non-hydrogen) atoms. The van der Waals surface area contributed by atoms with Gasteiger partial charge < -0.3 is 4.90 Å². The van der Waals surface area contributed by atoms with Crippen LogP contribution in [-0.2, 0) is 0 Å². The zero-order valence-corrected chi connectivity index (χ0v) is 8.97. The molecular formula is C12H23N. The Bertz CT molecular complexity index is 141. The van der Waals surface area contributed by atoms with E-state index in [9.17, 15) is 0 Å². The van der Waals surface area contributed by atoms with Crippen LogP contribution in [0.3, 0.4) is 0 Å². The Morgan fingerprint density at radius 3 is 2.23 bits per heavy atom. The molecule has 0 aromatic rings. The number of likely N-dealkylation sites (tertiary alicyclic amines) is 1. The molecule has 0 unspecified atom stereocenters. The van der Waals surface area contributed by atoms with Crippen molar-refractivity contribution in [1.29, 1.82) is 0 Å². The Balaban J connectivity index is 1.69. The van der Waals surface area contributed by atoms with E-state index in [4.69, 9.17) is 0 Å². The van der Waals surface area contributed by atoms with E-state index in [1.807, 2.05) is 0 Å². The highest BCUT2D eigenvalue weighted by atomic mass is 15.1. The predicted molar refractivity (Wildman–Crippen MR) is 56.8 cm³/mol. The van der Waals surface area contributed by atoms with Crippen LogP contribution in [0, 0.1) is 11.8 Å². The van der Waals surface area contributed by atoms with E-state index >= 15 is 0 Å². The molecule has 2 rings (SSSR count). The summed E-state index contributed by atoms with van der Waals surface area (Å²) in [7, 11) is 0. The summed E-state index contributed by atoms with van der Waals surface area (Å²) in [4.78, 5) is 2.70. The summed E-state index contributed by atoms with van der Waals surface area (Å²) in [5.74, 6) is 2.04. The molecule has 1 heterocycles. The third-order valence-electron chi connectivity index (χ3n) is 3.87. The van der Waals surface area contributed by atoms with Gasteiger partial charge in [-0.1, -0.05) is 19.8 Å². The van der Waals surface area contributed by atoms with Crippen LogP contribution in [-0.4, -0.2) is 24.5 Å². The van der Waals surface area contributed by atoms with E-state index in [1.54, 1.807) is 0 Å². The van der Waals surface area contributed by atoms with Crippen molar-refractivity contribution in [3.8, 4) is 0 Å². The monoisotopic (exact) mass is 181 g/mol. The van der Waals surface area contributed by atoms with Crippen LogP contribution < -0.4 is 0 Å². The molecule has 1 nitrogen and oxygen atoms in total. The maximum atomic E-state index is 2.70. The van der Waals surface area contributed by atoms with Crippen LogP contribution in [0.25, 0.3) is 0 Å². The second-order valence-corrected chi connectivity index (χ2v) is 5.13. The summed E-state index contributed by atoms with van der Waals surface area (Å²) in [5.41, 5.74) is 0. The van der Waals surface area contributed by atoms with Crippen molar-refractivity contribution in [3.05, 3.63) is 0 Å². The molecule has 0 bridgehead atoms. The SMILES string of the molecule is CC1CCN(CC2CCCC2)CC1. The molecule has 1 aliphatic carbocycles. The first-order valence-electron chi connectivity index (χ1n) is 6.07. The van der Waals surface area contributed by atoms with Gasteiger partial charge in [-0.3, -0.25) is 0 Å². The van der Waals surface area contributed by atoms with Crippen molar-refractivity contribution in [3.63, 3.8) is 0 Å². The van der Waals surface area contributed by atoms with Gasteiger partial charge in [0, 0.05) is 6.54 Å². The molecule has 2 fully saturated rings. The van der Waals surface area contributed by atoms with Crippen molar-refractivity contribution < 1.29 is 0 Å². The quantitative estimate of drug-likeness (QED) is 0.633. The number of rotatable bonds is 2. The van der Waals surface area contributed by atoms with Crippen LogP contribution >= 0.6 is 0 Å². The van der Waals surface area contributed by atoms with Gasteiger partial charge in [-0.05, 0) is 50.6 Å². The van der Waals surface area contributed by atoms with Gasteiger partial charge in [-0.25, -0.2) is 0 Å². The van der Waals surface area contributed by atoms with Gasteiger partial charge in [0.2, 0.25) is 0 Å². The summed E-state index contributed by atoms with van der Waals surface area (Å²) >= 11 is 0. The third-order valence-corrected chi connectivity index (χ3v) is 3.87. The Labute approximate surface area is 82.5 Å². The lowest BCUT2D eigenvalue weighted by Gasteiger charge is -2.32. The lowest BCUT2D eigenvalue weighted by atomic mass is 9.98. The second kappa shape index (κ2) is 4.45. The zero-order valence-electron chi connectivity index (χ0n) is 8.97. The average Bonchev–Trinajstić information content (AvgIpc) is 2.62. The molecule has 0 N–H and O–H groups in total. The van der Waals surface area contributed by atoms with E-state index in [0.29, 0.717) is 0 Å². The maximum absolute atomic E-state index is 2.70. The molecule has 1 saturated carbocycles. The minimum atomic E-state index is 0.986. The van der Waals surface area contributed by atoms with Gasteiger partial charge in [0.05, 0.1) is 0 Å². The Morgan fingerprint density at radius 1 is 1.00 bits per heavy atom. The Kier molecular flexibility index (Phi) is 3.26. The van der Waals surface area contributed by atoms with Crippen molar-refractivity contribution >= 4 is 0 Å². The lowest BCUT2D eigenvalue weighted by molar-refractivity contribution is 0.167. The second-order valence-electron chi connectivity index (χ2n) is 5.13. The molecule has 0 aromatic heterocycles. The van der Waals surface area contributed by atoms with Gasteiger partial charge in [0.1, 0.15) is 0 Å². The summed E-state index contributed by atoms with van der Waals surface area (Å²) in [6.45, 7) is 6.55. The highest BCUT2D eigenvalue weighted by molar-refractivity contribution is 4.75. The average molecular weight is 181 g/mol. The van der Waals surface area contributed by atoms with E-state index in [0.717, 1.165) is 11.8 Å². The molecule has 0 atom stereocenters. The van der Waals surface area contributed by atoms with E-state index in [-0.39, 0.29) is 0 Å². The molecule has 0 radical (unpaired) electrons. The number of hydrogen-bond acceptors (Lipinski definition) is 1. The van der Waals surface area contributed by atoms with E-state index in [2.05, 4.69) is 11.8 Å². The molecule has 0 aromatic carbocycles. The Morgan fingerprint density at radius 2 is 1.62 bits per heavy atom. The number of piperidine rings is 1. The minimum absolute atomic E-state index is 0.986. The highest BCUT2D eigenvalue weighted by Crippen LogP contribution is 2.27. The van der Waals surface area contributed by atoms with Gasteiger partial charge in [0.15, 0.2) is 0 Å². The fourth-order valence-electron chi connectivity index (χ4n) is 2.80. The number of nitrogens with zero attached hydrogens (tertiary/aromatic N) is 1. The first-order valence-corrected chi connectivity index (χ1v) is 6.07. The van der Waals surface area contributed by atoms with Crippen molar-refractivity contribution in [2.24, 2.45) is 11.8 Å². The maximum Gasteiger partial charge on any atom is 0.000966 e. The van der Waals surface area contributed by atoms with Gasteiger partial charge >= 0.3 is 0 Å². The topological polar surface area (TPSA) is 3.24 Å². The lowest BCUT2D eigenvalue weighted by Crippen LogP contribution is -2.36. The molecular weight excluding hydrogens is 158 g/mol. The van der Waals surface area contributed by atoms with Gasteiger partial charge in [0.25, 0.3) is 0 Å². The van der Waals surface area contributed by atoms with Crippen LogP contribution in [0.15, 0.2) is 0 Å². The molecule has 76 valence electrons. The molecule has 0 amide bonds. The van der Waals surface area contributed by atoms with Crippen LogP contribution in [0.4, 0.5) is 0 Å². The zero-order chi connectivity index (χ0) is 9.10. The Hall–Kier alpha value is -0.0400. The summed E-state index contributed by atoms with van der Waals surface area (Å²) < 4.78 is 0. The van der Waals surface area contributed by atoms with E-state index in [1.165, 1.54) is 58.2 Å². The van der Waals surface area contributed by atoms with E-state index < -0.39 is 0 Å². The summed E-state index contributed by atoms with van der Waals surface area (Å²) in [5, 5.41) is 0. The molecule has 1 aliphatic heterocycles. The van der Waals surface area contributed by atoms with Crippen molar-refractivity contribution in [1.82, 2.24) is 4.90 Å². The molecule has 0 spiro atoms. The minimum Gasteiger partial charge on any atom is -0.303 e. The summed E-state index contributed by atoms with van der Waals surface area (Å²) in [6.07, 6.45) is 8.88. The smallest absolute Gasteiger partial charge is 0.000966 e. The first kappa shape index (κ1) is 9.51. The first-order chi connectivity index (χ1) is 6.34.